The van der Waals surface area contributed by atoms with Gasteiger partial charge >= 0.3 is 0 Å². The van der Waals surface area contributed by atoms with Gasteiger partial charge in [0, 0.05) is 45.9 Å². The molecule has 0 saturated carbocycles. The van der Waals surface area contributed by atoms with Crippen molar-refractivity contribution in [3.05, 3.63) is 30.1 Å². The van der Waals surface area contributed by atoms with E-state index in [9.17, 15) is 0 Å². The van der Waals surface area contributed by atoms with Crippen LogP contribution in [-0.2, 0) is 6.42 Å². The van der Waals surface area contributed by atoms with Crippen molar-refractivity contribution in [2.45, 2.75) is 55.4 Å². The van der Waals surface area contributed by atoms with Gasteiger partial charge in [0.15, 0.2) is 0 Å². The first-order valence-corrected chi connectivity index (χ1v) is 9.60. The standard InChI is InChI=1S/C16H26N2S2/c1-4-8-18-15(10-14-7-5-6-9-17-14)16-11-19-12(2)13(3)20-16/h5-7,9,12-13,15-16,18H,4,8,10-11H2,1-3H3. The molecule has 1 aromatic rings. The Labute approximate surface area is 131 Å². The minimum atomic E-state index is 0.539. The minimum absolute atomic E-state index is 0.539. The van der Waals surface area contributed by atoms with Crippen LogP contribution in [0.25, 0.3) is 0 Å². The average Bonchev–Trinajstić information content (AvgIpc) is 2.47. The molecule has 0 aliphatic carbocycles. The Balaban J connectivity index is 1.99. The van der Waals surface area contributed by atoms with E-state index in [2.05, 4.69) is 66.7 Å². The second kappa shape index (κ2) is 8.30. The van der Waals surface area contributed by atoms with Crippen LogP contribution in [0.3, 0.4) is 0 Å². The normalized spacial score (nSPS) is 28.2. The third-order valence-electron chi connectivity index (χ3n) is 3.83. The molecule has 0 radical (unpaired) electrons. The second-order valence-electron chi connectivity index (χ2n) is 5.50. The molecule has 4 atom stereocenters. The van der Waals surface area contributed by atoms with Gasteiger partial charge in [0.1, 0.15) is 0 Å². The molecular formula is C16H26N2S2. The highest BCUT2D eigenvalue weighted by atomic mass is 32.2. The zero-order chi connectivity index (χ0) is 14.4. The maximum Gasteiger partial charge on any atom is 0.0419 e. The zero-order valence-corrected chi connectivity index (χ0v) is 14.3. The molecule has 1 saturated heterocycles. The van der Waals surface area contributed by atoms with E-state index in [0.717, 1.165) is 23.5 Å². The summed E-state index contributed by atoms with van der Waals surface area (Å²) in [6.07, 6.45) is 4.13. The molecule has 0 amide bonds. The first-order chi connectivity index (χ1) is 9.70. The molecule has 2 nitrogen and oxygen atoms in total. The predicted molar refractivity (Wildman–Crippen MR) is 92.8 cm³/mol. The number of hydrogen-bond acceptors (Lipinski definition) is 4. The highest BCUT2D eigenvalue weighted by molar-refractivity contribution is 8.07. The first-order valence-electron chi connectivity index (χ1n) is 7.61. The van der Waals surface area contributed by atoms with Gasteiger partial charge in [0.25, 0.3) is 0 Å². The van der Waals surface area contributed by atoms with Crippen molar-refractivity contribution in [3.63, 3.8) is 0 Å². The molecule has 2 heterocycles. The van der Waals surface area contributed by atoms with Gasteiger partial charge in [0.05, 0.1) is 0 Å². The molecule has 1 N–H and O–H groups in total. The number of nitrogens with one attached hydrogen (secondary N) is 1. The lowest BCUT2D eigenvalue weighted by atomic mass is 10.1. The van der Waals surface area contributed by atoms with Gasteiger partial charge in [-0.05, 0) is 25.1 Å². The van der Waals surface area contributed by atoms with Crippen LogP contribution in [0, 0.1) is 0 Å². The van der Waals surface area contributed by atoms with Gasteiger partial charge in [-0.1, -0.05) is 26.8 Å². The SMILES string of the molecule is CCCNC(Cc1ccccn1)C1CSC(C)C(C)S1. The summed E-state index contributed by atoms with van der Waals surface area (Å²) in [5, 5.41) is 5.96. The fraction of sp³-hybridized carbons (Fsp3) is 0.688. The van der Waals surface area contributed by atoms with Crippen LogP contribution in [-0.4, -0.2) is 39.1 Å². The summed E-state index contributed by atoms with van der Waals surface area (Å²) < 4.78 is 0. The fourth-order valence-electron chi connectivity index (χ4n) is 2.43. The fourth-order valence-corrected chi connectivity index (χ4v) is 5.56. The van der Waals surface area contributed by atoms with Crippen molar-refractivity contribution < 1.29 is 0 Å². The van der Waals surface area contributed by atoms with Crippen molar-refractivity contribution in [2.24, 2.45) is 0 Å². The molecule has 20 heavy (non-hydrogen) atoms. The summed E-state index contributed by atoms with van der Waals surface area (Å²) in [7, 11) is 0. The number of thioether (sulfide) groups is 2. The number of pyridine rings is 1. The van der Waals surface area contributed by atoms with Gasteiger partial charge < -0.3 is 5.32 Å². The Morgan fingerprint density at radius 3 is 2.85 bits per heavy atom. The van der Waals surface area contributed by atoms with Crippen LogP contribution in [0.4, 0.5) is 0 Å². The quantitative estimate of drug-likeness (QED) is 0.867. The first kappa shape index (κ1) is 16.2. The Hall–Kier alpha value is -0.190. The molecule has 112 valence electrons. The van der Waals surface area contributed by atoms with E-state index in [4.69, 9.17) is 0 Å². The number of aromatic nitrogens is 1. The summed E-state index contributed by atoms with van der Waals surface area (Å²) in [6.45, 7) is 8.05. The maximum atomic E-state index is 4.50. The lowest BCUT2D eigenvalue weighted by Crippen LogP contribution is -2.45. The van der Waals surface area contributed by atoms with E-state index >= 15 is 0 Å². The van der Waals surface area contributed by atoms with Crippen molar-refractivity contribution in [2.75, 3.05) is 12.3 Å². The lowest BCUT2D eigenvalue weighted by Gasteiger charge is -2.36. The van der Waals surface area contributed by atoms with Crippen LogP contribution in [0.2, 0.25) is 0 Å². The number of nitrogens with zero attached hydrogens (tertiary/aromatic N) is 1. The summed E-state index contributed by atoms with van der Waals surface area (Å²) in [6, 6.07) is 6.77. The largest absolute Gasteiger partial charge is 0.312 e. The van der Waals surface area contributed by atoms with Gasteiger partial charge in [-0.2, -0.15) is 23.5 Å². The van der Waals surface area contributed by atoms with Crippen molar-refractivity contribution in [1.29, 1.82) is 0 Å². The lowest BCUT2D eigenvalue weighted by molar-refractivity contribution is 0.499. The molecule has 2 rings (SSSR count). The highest BCUT2D eigenvalue weighted by Gasteiger charge is 2.31. The molecule has 1 aliphatic rings. The van der Waals surface area contributed by atoms with Gasteiger partial charge in [-0.25, -0.2) is 0 Å². The Bertz CT molecular complexity index is 385. The third-order valence-corrected chi connectivity index (χ3v) is 7.39. The van der Waals surface area contributed by atoms with Crippen LogP contribution >= 0.6 is 23.5 Å². The Morgan fingerprint density at radius 1 is 1.35 bits per heavy atom. The van der Waals surface area contributed by atoms with E-state index in [1.54, 1.807) is 0 Å². The molecule has 1 aliphatic heterocycles. The van der Waals surface area contributed by atoms with Crippen LogP contribution < -0.4 is 5.32 Å². The van der Waals surface area contributed by atoms with E-state index in [-0.39, 0.29) is 0 Å². The predicted octanol–water partition coefficient (Wildman–Crippen LogP) is 3.62. The summed E-state index contributed by atoms with van der Waals surface area (Å²) in [4.78, 5) is 4.50. The maximum absolute atomic E-state index is 4.50. The van der Waals surface area contributed by atoms with Gasteiger partial charge in [-0.3, -0.25) is 4.98 Å². The van der Waals surface area contributed by atoms with Crippen molar-refractivity contribution in [1.82, 2.24) is 10.3 Å². The molecule has 1 aromatic heterocycles. The highest BCUT2D eigenvalue weighted by Crippen LogP contribution is 2.37. The molecule has 1 fully saturated rings. The molecule has 0 spiro atoms. The molecule has 0 aromatic carbocycles. The molecular weight excluding hydrogens is 284 g/mol. The van der Waals surface area contributed by atoms with E-state index in [1.807, 2.05) is 12.3 Å². The zero-order valence-electron chi connectivity index (χ0n) is 12.7. The summed E-state index contributed by atoms with van der Waals surface area (Å²) in [5.41, 5.74) is 1.21. The molecule has 0 bridgehead atoms. The van der Waals surface area contributed by atoms with Gasteiger partial charge in [0.2, 0.25) is 0 Å². The van der Waals surface area contributed by atoms with Crippen LogP contribution in [0.15, 0.2) is 24.4 Å². The summed E-state index contributed by atoms with van der Waals surface area (Å²) >= 11 is 4.29. The van der Waals surface area contributed by atoms with Gasteiger partial charge in [-0.15, -0.1) is 0 Å². The summed E-state index contributed by atoms with van der Waals surface area (Å²) in [5.74, 6) is 1.25. The van der Waals surface area contributed by atoms with E-state index < -0.39 is 0 Å². The number of hydrogen-bond donors (Lipinski definition) is 1. The van der Waals surface area contributed by atoms with Crippen molar-refractivity contribution in [3.8, 4) is 0 Å². The van der Waals surface area contributed by atoms with Crippen LogP contribution in [0.5, 0.6) is 0 Å². The third kappa shape index (κ3) is 4.68. The second-order valence-corrected chi connectivity index (χ2v) is 8.54. The van der Waals surface area contributed by atoms with E-state index in [0.29, 0.717) is 11.3 Å². The molecule has 4 unspecified atom stereocenters. The minimum Gasteiger partial charge on any atom is -0.312 e. The molecule has 4 heteroatoms. The van der Waals surface area contributed by atoms with E-state index in [1.165, 1.54) is 17.9 Å². The number of rotatable bonds is 6. The monoisotopic (exact) mass is 310 g/mol. The Morgan fingerprint density at radius 2 is 2.20 bits per heavy atom. The van der Waals surface area contributed by atoms with Crippen LogP contribution in [0.1, 0.15) is 32.9 Å². The average molecular weight is 311 g/mol. The topological polar surface area (TPSA) is 24.9 Å². The Kier molecular flexibility index (Phi) is 6.72. The smallest absolute Gasteiger partial charge is 0.0419 e. The van der Waals surface area contributed by atoms with Crippen molar-refractivity contribution >= 4 is 23.5 Å².